The summed E-state index contributed by atoms with van der Waals surface area (Å²) in [7, 11) is 1.68. The molecule has 2 aromatic rings. The molecule has 14 heavy (non-hydrogen) atoms. The molecule has 0 saturated carbocycles. The lowest BCUT2D eigenvalue weighted by Gasteiger charge is -2.02. The van der Waals surface area contributed by atoms with Crippen LogP contribution in [0.3, 0.4) is 0 Å². The first-order valence-corrected chi connectivity index (χ1v) is 5.05. The molecule has 6 heteroatoms. The van der Waals surface area contributed by atoms with Gasteiger partial charge in [0.05, 0.1) is 17.0 Å². The highest BCUT2D eigenvalue weighted by molar-refractivity contribution is 7.13. The van der Waals surface area contributed by atoms with E-state index in [0.29, 0.717) is 6.61 Å². The number of aromatic nitrogens is 4. The van der Waals surface area contributed by atoms with Crippen LogP contribution in [0.1, 0.15) is 0 Å². The van der Waals surface area contributed by atoms with Crippen LogP contribution in [0, 0.1) is 0 Å². The minimum Gasteiger partial charge on any atom is -0.383 e. The molecule has 2 aromatic heterocycles. The van der Waals surface area contributed by atoms with Gasteiger partial charge in [0.2, 0.25) is 0 Å². The molecule has 0 amide bonds. The topological polar surface area (TPSA) is 52.8 Å². The van der Waals surface area contributed by atoms with E-state index in [9.17, 15) is 0 Å². The van der Waals surface area contributed by atoms with E-state index in [-0.39, 0.29) is 0 Å². The Morgan fingerprint density at radius 3 is 3.21 bits per heavy atom. The fourth-order valence-corrected chi connectivity index (χ4v) is 1.75. The normalized spacial score (nSPS) is 10.6. The molecule has 0 aliphatic heterocycles. The summed E-state index contributed by atoms with van der Waals surface area (Å²) >= 11 is 1.55. The molecule has 0 spiro atoms. The molecule has 74 valence electrons. The number of methoxy groups -OCH3 is 1. The van der Waals surface area contributed by atoms with Gasteiger partial charge in [-0.3, -0.25) is 4.98 Å². The second-order valence-corrected chi connectivity index (χ2v) is 3.59. The number of rotatable bonds is 4. The molecule has 0 aliphatic rings. The Morgan fingerprint density at radius 2 is 2.50 bits per heavy atom. The van der Waals surface area contributed by atoms with E-state index in [4.69, 9.17) is 4.74 Å². The molecule has 2 rings (SSSR count). The molecule has 5 nitrogen and oxygen atoms in total. The van der Waals surface area contributed by atoms with Crippen molar-refractivity contribution in [3.05, 3.63) is 18.0 Å². The summed E-state index contributed by atoms with van der Waals surface area (Å²) in [5.41, 5.74) is 1.78. The fraction of sp³-hybridized carbons (Fsp3) is 0.375. The Bertz CT molecular complexity index is 384. The third-order valence-corrected chi connectivity index (χ3v) is 2.57. The van der Waals surface area contributed by atoms with Crippen molar-refractivity contribution in [2.75, 3.05) is 13.7 Å². The van der Waals surface area contributed by atoms with Gasteiger partial charge in [-0.25, -0.2) is 0 Å². The number of hydrogen-bond donors (Lipinski definition) is 0. The Hall–Kier alpha value is -1.27. The van der Waals surface area contributed by atoms with E-state index in [1.807, 2.05) is 4.57 Å². The van der Waals surface area contributed by atoms with Crippen LogP contribution in [0.2, 0.25) is 0 Å². The van der Waals surface area contributed by atoms with E-state index >= 15 is 0 Å². The van der Waals surface area contributed by atoms with Crippen molar-refractivity contribution < 1.29 is 4.74 Å². The highest BCUT2D eigenvalue weighted by Gasteiger charge is 2.07. The second-order valence-electron chi connectivity index (χ2n) is 2.71. The van der Waals surface area contributed by atoms with Crippen molar-refractivity contribution >= 4 is 11.3 Å². The van der Waals surface area contributed by atoms with Crippen LogP contribution in [0.5, 0.6) is 0 Å². The largest absolute Gasteiger partial charge is 0.383 e. The minimum absolute atomic E-state index is 0.657. The summed E-state index contributed by atoms with van der Waals surface area (Å²) in [5.74, 6) is 0.851. The predicted molar refractivity (Wildman–Crippen MR) is 53.0 cm³/mol. The lowest BCUT2D eigenvalue weighted by atomic mass is 10.5. The minimum atomic E-state index is 0.657. The lowest BCUT2D eigenvalue weighted by Crippen LogP contribution is -2.04. The standard InChI is InChI=1S/C8H10N4OS/c1-13-3-2-12-5-10-11-8(12)7-4-9-6-14-7/h4-6H,2-3H2,1H3. The summed E-state index contributed by atoms with van der Waals surface area (Å²) in [4.78, 5) is 5.03. The number of thiazole rings is 1. The first kappa shape index (κ1) is 9.29. The van der Waals surface area contributed by atoms with E-state index < -0.39 is 0 Å². The van der Waals surface area contributed by atoms with Gasteiger partial charge in [-0.05, 0) is 0 Å². The smallest absolute Gasteiger partial charge is 0.175 e. The van der Waals surface area contributed by atoms with Gasteiger partial charge >= 0.3 is 0 Å². The highest BCUT2D eigenvalue weighted by Crippen LogP contribution is 2.20. The zero-order valence-corrected chi connectivity index (χ0v) is 8.57. The maximum atomic E-state index is 5.00. The van der Waals surface area contributed by atoms with Gasteiger partial charge in [0.1, 0.15) is 6.33 Å². The van der Waals surface area contributed by atoms with E-state index in [2.05, 4.69) is 15.2 Å². The Kier molecular flexibility index (Phi) is 2.85. The number of nitrogens with zero attached hydrogens (tertiary/aromatic N) is 4. The summed E-state index contributed by atoms with van der Waals surface area (Å²) < 4.78 is 6.95. The summed E-state index contributed by atoms with van der Waals surface area (Å²) in [6.07, 6.45) is 3.49. The monoisotopic (exact) mass is 210 g/mol. The average Bonchev–Trinajstić information content (AvgIpc) is 2.84. The van der Waals surface area contributed by atoms with Gasteiger partial charge in [0.15, 0.2) is 5.82 Å². The third kappa shape index (κ3) is 1.80. The van der Waals surface area contributed by atoms with Crippen molar-refractivity contribution in [2.45, 2.75) is 6.54 Å². The van der Waals surface area contributed by atoms with Crippen LogP contribution in [-0.2, 0) is 11.3 Å². The van der Waals surface area contributed by atoms with Crippen LogP contribution in [0.4, 0.5) is 0 Å². The molecule has 0 unspecified atom stereocenters. The molecule has 0 bridgehead atoms. The average molecular weight is 210 g/mol. The zero-order chi connectivity index (χ0) is 9.80. The molecular weight excluding hydrogens is 200 g/mol. The molecule has 0 aliphatic carbocycles. The third-order valence-electron chi connectivity index (χ3n) is 1.80. The van der Waals surface area contributed by atoms with Gasteiger partial charge in [-0.1, -0.05) is 0 Å². The van der Waals surface area contributed by atoms with Crippen LogP contribution >= 0.6 is 11.3 Å². The maximum Gasteiger partial charge on any atom is 0.175 e. The SMILES string of the molecule is COCCn1cnnc1-c1cncs1. The lowest BCUT2D eigenvalue weighted by molar-refractivity contribution is 0.187. The molecule has 2 heterocycles. The molecule has 0 N–H and O–H groups in total. The summed E-state index contributed by atoms with van der Waals surface area (Å²) in [6, 6.07) is 0. The van der Waals surface area contributed by atoms with Crippen molar-refractivity contribution in [3.63, 3.8) is 0 Å². The molecule has 0 fully saturated rings. The maximum absolute atomic E-state index is 5.00. The van der Waals surface area contributed by atoms with E-state index in [1.165, 1.54) is 0 Å². The molecule has 0 aromatic carbocycles. The first-order chi connectivity index (χ1) is 6.92. The first-order valence-electron chi connectivity index (χ1n) is 4.17. The number of ether oxygens (including phenoxy) is 1. The quantitative estimate of drug-likeness (QED) is 0.756. The van der Waals surface area contributed by atoms with Crippen LogP contribution in [0.15, 0.2) is 18.0 Å². The Labute approximate surface area is 85.4 Å². The van der Waals surface area contributed by atoms with Crippen molar-refractivity contribution in [2.24, 2.45) is 0 Å². The Morgan fingerprint density at radius 1 is 1.57 bits per heavy atom. The van der Waals surface area contributed by atoms with E-state index in [0.717, 1.165) is 17.2 Å². The van der Waals surface area contributed by atoms with Crippen LogP contribution < -0.4 is 0 Å². The van der Waals surface area contributed by atoms with Gasteiger partial charge in [-0.15, -0.1) is 21.5 Å². The van der Waals surface area contributed by atoms with Crippen molar-refractivity contribution in [1.82, 2.24) is 19.7 Å². The second kappa shape index (κ2) is 4.30. The fourth-order valence-electron chi connectivity index (χ4n) is 1.13. The highest BCUT2D eigenvalue weighted by atomic mass is 32.1. The predicted octanol–water partition coefficient (Wildman–Crippen LogP) is 1.05. The van der Waals surface area contributed by atoms with Crippen LogP contribution in [-0.4, -0.2) is 33.5 Å². The van der Waals surface area contributed by atoms with Gasteiger partial charge < -0.3 is 9.30 Å². The Balaban J connectivity index is 2.22. The molecule has 0 atom stereocenters. The number of hydrogen-bond acceptors (Lipinski definition) is 5. The van der Waals surface area contributed by atoms with Crippen LogP contribution in [0.25, 0.3) is 10.7 Å². The van der Waals surface area contributed by atoms with Gasteiger partial charge in [0, 0.05) is 19.9 Å². The van der Waals surface area contributed by atoms with Crippen molar-refractivity contribution in [3.8, 4) is 10.7 Å². The van der Waals surface area contributed by atoms with Gasteiger partial charge in [-0.2, -0.15) is 0 Å². The van der Waals surface area contributed by atoms with Crippen molar-refractivity contribution in [1.29, 1.82) is 0 Å². The van der Waals surface area contributed by atoms with E-state index in [1.54, 1.807) is 36.5 Å². The molecular formula is C8H10N4OS. The molecule has 0 saturated heterocycles. The summed E-state index contributed by atoms with van der Waals surface area (Å²) in [6.45, 7) is 1.42. The zero-order valence-electron chi connectivity index (χ0n) is 7.75. The summed E-state index contributed by atoms with van der Waals surface area (Å²) in [5, 5.41) is 7.91. The van der Waals surface area contributed by atoms with Gasteiger partial charge in [0.25, 0.3) is 0 Å². The molecule has 0 radical (unpaired) electrons.